The van der Waals surface area contributed by atoms with Crippen molar-refractivity contribution in [3.63, 3.8) is 0 Å². The Morgan fingerprint density at radius 1 is 1.19 bits per heavy atom. The fourth-order valence-corrected chi connectivity index (χ4v) is 4.83. The van der Waals surface area contributed by atoms with Gasteiger partial charge in [-0.05, 0) is 54.7 Å². The van der Waals surface area contributed by atoms with Gasteiger partial charge in [0.2, 0.25) is 0 Å². The van der Waals surface area contributed by atoms with Gasteiger partial charge in [-0.15, -0.1) is 0 Å². The van der Waals surface area contributed by atoms with E-state index in [2.05, 4.69) is 23.8 Å². The fraction of sp³-hybridized carbons (Fsp3) is 0.280. The average molecular weight is 448 g/mol. The van der Waals surface area contributed by atoms with Gasteiger partial charge in [-0.3, -0.25) is 14.3 Å². The summed E-state index contributed by atoms with van der Waals surface area (Å²) in [5.74, 6) is -0.0664. The lowest BCUT2D eigenvalue weighted by molar-refractivity contribution is -0.139. The molecule has 0 bridgehead atoms. The van der Waals surface area contributed by atoms with E-state index in [0.29, 0.717) is 26.5 Å². The molecule has 3 aromatic rings. The Hall–Kier alpha value is -3.32. The molecule has 0 aliphatic carbocycles. The zero-order valence-electron chi connectivity index (χ0n) is 18.5. The minimum absolute atomic E-state index is 0.183. The fourth-order valence-electron chi connectivity index (χ4n) is 3.78. The number of esters is 1. The van der Waals surface area contributed by atoms with Crippen LogP contribution in [0, 0.1) is 0 Å². The van der Waals surface area contributed by atoms with Crippen LogP contribution in [0.25, 0.3) is 6.08 Å². The third-order valence-electron chi connectivity index (χ3n) is 5.44. The molecular weight excluding hydrogens is 422 g/mol. The Morgan fingerprint density at radius 3 is 2.50 bits per heavy atom. The van der Waals surface area contributed by atoms with Gasteiger partial charge in [0.15, 0.2) is 4.80 Å². The molecule has 0 saturated carbocycles. The van der Waals surface area contributed by atoms with E-state index in [4.69, 9.17) is 4.74 Å². The van der Waals surface area contributed by atoms with Crippen LogP contribution in [0.15, 0.2) is 69.8 Å². The van der Waals surface area contributed by atoms with Crippen molar-refractivity contribution in [1.29, 1.82) is 0 Å². The minimum Gasteiger partial charge on any atom is -0.463 e. The summed E-state index contributed by atoms with van der Waals surface area (Å²) in [6.07, 6.45) is 5.20. The number of hydrogen-bond donors (Lipinski definition) is 0. The average Bonchev–Trinajstić information content (AvgIpc) is 3.08. The zero-order valence-corrected chi connectivity index (χ0v) is 19.3. The number of allylic oxidation sites excluding steroid dienone is 1. The number of carbonyl (C=O) groups is 1. The number of fused-ring (bicyclic) bond motifs is 1. The van der Waals surface area contributed by atoms with Gasteiger partial charge in [0.05, 0.1) is 28.5 Å². The van der Waals surface area contributed by atoms with Gasteiger partial charge < -0.3 is 4.74 Å². The number of carbonyl (C=O) groups excluding carboxylic acids is 1. The minimum atomic E-state index is -0.592. The summed E-state index contributed by atoms with van der Waals surface area (Å²) >= 11 is 1.32. The van der Waals surface area contributed by atoms with Gasteiger partial charge in [-0.2, -0.15) is 0 Å². The van der Waals surface area contributed by atoms with Crippen molar-refractivity contribution in [3.05, 3.63) is 96.4 Å². The number of aromatic nitrogens is 2. The molecule has 7 heteroatoms. The Bertz CT molecular complexity index is 1350. The van der Waals surface area contributed by atoms with Gasteiger partial charge in [0.25, 0.3) is 5.56 Å². The van der Waals surface area contributed by atoms with Gasteiger partial charge in [0.1, 0.15) is 0 Å². The van der Waals surface area contributed by atoms with Crippen LogP contribution in [0.5, 0.6) is 0 Å². The summed E-state index contributed by atoms with van der Waals surface area (Å²) in [6, 6.07) is 11.2. The molecule has 164 valence electrons. The third kappa shape index (κ3) is 4.08. The molecule has 1 aromatic carbocycles. The summed E-state index contributed by atoms with van der Waals surface area (Å²) in [4.78, 5) is 35.6. The van der Waals surface area contributed by atoms with E-state index in [1.807, 2.05) is 42.5 Å². The van der Waals surface area contributed by atoms with E-state index in [1.165, 1.54) is 16.9 Å². The predicted molar refractivity (Wildman–Crippen MR) is 125 cm³/mol. The van der Waals surface area contributed by atoms with Crippen LogP contribution < -0.4 is 14.9 Å². The molecule has 0 unspecified atom stereocenters. The van der Waals surface area contributed by atoms with Crippen molar-refractivity contribution in [2.45, 2.75) is 39.7 Å². The van der Waals surface area contributed by atoms with Crippen LogP contribution in [-0.4, -0.2) is 22.1 Å². The summed E-state index contributed by atoms with van der Waals surface area (Å²) in [6.45, 7) is 8.07. The van der Waals surface area contributed by atoms with Gasteiger partial charge in [-0.1, -0.05) is 49.4 Å². The first-order chi connectivity index (χ1) is 15.4. The monoisotopic (exact) mass is 447 g/mol. The lowest BCUT2D eigenvalue weighted by Crippen LogP contribution is -2.39. The number of nitrogens with zero attached hydrogens (tertiary/aromatic N) is 3. The van der Waals surface area contributed by atoms with Crippen LogP contribution in [0.2, 0.25) is 0 Å². The van der Waals surface area contributed by atoms with E-state index in [0.717, 1.165) is 11.1 Å². The first kappa shape index (κ1) is 21.9. The highest BCUT2D eigenvalue weighted by atomic mass is 32.1. The highest BCUT2D eigenvalue weighted by molar-refractivity contribution is 7.07. The second-order valence-corrected chi connectivity index (χ2v) is 8.91. The Labute approximate surface area is 190 Å². The molecule has 0 N–H and O–H groups in total. The molecule has 6 nitrogen and oxygen atoms in total. The lowest BCUT2D eigenvalue weighted by atomic mass is 9.93. The molecule has 1 aliphatic heterocycles. The normalized spacial score (nSPS) is 16.2. The van der Waals surface area contributed by atoms with Crippen molar-refractivity contribution in [2.75, 3.05) is 6.61 Å². The Balaban J connectivity index is 1.94. The molecule has 1 aliphatic rings. The van der Waals surface area contributed by atoms with Crippen molar-refractivity contribution in [2.24, 2.45) is 4.99 Å². The van der Waals surface area contributed by atoms with E-state index in [9.17, 15) is 9.59 Å². The standard InChI is InChI=1S/C25H25N3O3S/c1-5-31-24(30)21-16(4)27-25-28(22(21)19-8-6-18(7-9-19)15(2)3)23(29)20(32-25)14-17-10-12-26-13-11-17/h6-15,22H,5H2,1-4H3/b20-14-/t22-/m1/s1. The van der Waals surface area contributed by atoms with Crippen LogP contribution >= 0.6 is 11.3 Å². The van der Waals surface area contributed by atoms with Crippen molar-refractivity contribution in [1.82, 2.24) is 9.55 Å². The first-order valence-electron chi connectivity index (χ1n) is 10.6. The predicted octanol–water partition coefficient (Wildman–Crippen LogP) is 3.32. The summed E-state index contributed by atoms with van der Waals surface area (Å²) in [7, 11) is 0. The van der Waals surface area contributed by atoms with Gasteiger partial charge in [0, 0.05) is 12.4 Å². The number of thiazole rings is 1. The number of rotatable bonds is 5. The highest BCUT2D eigenvalue weighted by Crippen LogP contribution is 2.31. The van der Waals surface area contributed by atoms with E-state index in [1.54, 1.807) is 30.8 Å². The molecular formula is C25H25N3O3S. The van der Waals surface area contributed by atoms with Crippen LogP contribution in [-0.2, 0) is 9.53 Å². The molecule has 2 aromatic heterocycles. The smallest absolute Gasteiger partial charge is 0.338 e. The van der Waals surface area contributed by atoms with Crippen molar-refractivity contribution < 1.29 is 9.53 Å². The maximum atomic E-state index is 13.5. The first-order valence-corrected chi connectivity index (χ1v) is 11.4. The summed E-state index contributed by atoms with van der Waals surface area (Å²) in [5.41, 5.74) is 3.70. The van der Waals surface area contributed by atoms with E-state index < -0.39 is 12.0 Å². The molecule has 0 spiro atoms. The number of benzene rings is 1. The van der Waals surface area contributed by atoms with E-state index >= 15 is 0 Å². The number of hydrogen-bond acceptors (Lipinski definition) is 6. The number of ether oxygens (including phenoxy) is 1. The second kappa shape index (κ2) is 9.04. The molecule has 0 amide bonds. The van der Waals surface area contributed by atoms with Crippen molar-refractivity contribution in [3.8, 4) is 0 Å². The topological polar surface area (TPSA) is 73.6 Å². The maximum absolute atomic E-state index is 13.5. The van der Waals surface area contributed by atoms with Gasteiger partial charge >= 0.3 is 5.97 Å². The molecule has 3 heterocycles. The summed E-state index contributed by atoms with van der Waals surface area (Å²) < 4.78 is 7.50. The molecule has 4 rings (SSSR count). The van der Waals surface area contributed by atoms with Crippen LogP contribution in [0.4, 0.5) is 0 Å². The molecule has 32 heavy (non-hydrogen) atoms. The molecule has 0 saturated heterocycles. The molecule has 1 atom stereocenters. The van der Waals surface area contributed by atoms with Crippen molar-refractivity contribution >= 4 is 23.4 Å². The second-order valence-electron chi connectivity index (χ2n) is 7.90. The summed E-state index contributed by atoms with van der Waals surface area (Å²) in [5, 5.41) is 0. The maximum Gasteiger partial charge on any atom is 0.338 e. The van der Waals surface area contributed by atoms with Crippen LogP contribution in [0.3, 0.4) is 0 Å². The SMILES string of the molecule is CCOC(=O)C1=C(C)N=c2s/c(=C\c3ccncc3)c(=O)n2[C@@H]1c1ccc(C(C)C)cc1. The largest absolute Gasteiger partial charge is 0.463 e. The Kier molecular flexibility index (Phi) is 6.19. The molecule has 0 radical (unpaired) electrons. The lowest BCUT2D eigenvalue weighted by Gasteiger charge is -2.25. The number of pyridine rings is 1. The van der Waals surface area contributed by atoms with Gasteiger partial charge in [-0.25, -0.2) is 9.79 Å². The molecule has 0 fully saturated rings. The third-order valence-corrected chi connectivity index (χ3v) is 6.42. The highest BCUT2D eigenvalue weighted by Gasteiger charge is 2.33. The van der Waals surface area contributed by atoms with Crippen LogP contribution in [0.1, 0.15) is 56.3 Å². The van der Waals surface area contributed by atoms with E-state index in [-0.39, 0.29) is 12.2 Å². The quantitative estimate of drug-likeness (QED) is 0.563. The zero-order chi connectivity index (χ0) is 22.8. The Morgan fingerprint density at radius 2 is 1.88 bits per heavy atom.